The quantitative estimate of drug-likeness (QED) is 0.490. The van der Waals surface area contributed by atoms with Gasteiger partial charge in [-0.15, -0.1) is 0 Å². The molecule has 1 N–H and O–H groups in total. The molecule has 1 aliphatic rings. The lowest BCUT2D eigenvalue weighted by atomic mass is 9.98. The molecule has 0 atom stereocenters. The number of sulfonamides is 1. The maximum absolute atomic E-state index is 12.8. The Balaban J connectivity index is 1.51. The van der Waals surface area contributed by atoms with Gasteiger partial charge in [-0.05, 0) is 55.2 Å². The van der Waals surface area contributed by atoms with Crippen molar-refractivity contribution in [3.05, 3.63) is 70.2 Å². The zero-order chi connectivity index (χ0) is 21.6. The maximum Gasteiger partial charge on any atom is 0.243 e. The van der Waals surface area contributed by atoms with E-state index >= 15 is 0 Å². The Bertz CT molecular complexity index is 1030. The Morgan fingerprint density at radius 1 is 1.10 bits per heavy atom. The highest BCUT2D eigenvalue weighted by atomic mass is 79.9. The van der Waals surface area contributed by atoms with Gasteiger partial charge >= 0.3 is 0 Å². The van der Waals surface area contributed by atoms with Crippen LogP contribution in [-0.2, 0) is 14.8 Å². The molecule has 0 aliphatic carbocycles. The van der Waals surface area contributed by atoms with Gasteiger partial charge in [-0.3, -0.25) is 4.79 Å². The first kappa shape index (κ1) is 22.4. The van der Waals surface area contributed by atoms with Crippen molar-refractivity contribution in [3.8, 4) is 0 Å². The molecule has 3 rings (SSSR count). The van der Waals surface area contributed by atoms with E-state index < -0.39 is 10.0 Å². The predicted octanol–water partition coefficient (Wildman–Crippen LogP) is 4.06. The van der Waals surface area contributed by atoms with E-state index in [-0.39, 0.29) is 16.7 Å². The summed E-state index contributed by atoms with van der Waals surface area (Å²) >= 11 is 3.31. The molecule has 0 bridgehead atoms. The van der Waals surface area contributed by atoms with Crippen LogP contribution in [0.3, 0.4) is 0 Å². The van der Waals surface area contributed by atoms with Gasteiger partial charge in [0.25, 0.3) is 0 Å². The first-order valence-corrected chi connectivity index (χ1v) is 11.9. The van der Waals surface area contributed by atoms with Crippen molar-refractivity contribution in [3.63, 3.8) is 0 Å². The number of hydrogen-bond acceptors (Lipinski definition) is 4. The number of piperidine rings is 1. The Hall–Kier alpha value is -2.29. The predicted molar refractivity (Wildman–Crippen MR) is 122 cm³/mol. The maximum atomic E-state index is 12.8. The number of carbonyl (C=O) groups is 1. The number of halogens is 1. The number of allylic oxidation sites excluding steroid dienone is 1. The van der Waals surface area contributed by atoms with E-state index in [1.54, 1.807) is 30.5 Å². The zero-order valence-electron chi connectivity index (χ0n) is 16.7. The highest BCUT2D eigenvalue weighted by Gasteiger charge is 2.32. The fourth-order valence-corrected chi connectivity index (χ4v) is 4.99. The van der Waals surface area contributed by atoms with Crippen LogP contribution in [0.15, 0.2) is 74.6 Å². The molecule has 0 spiro atoms. The molecule has 1 heterocycles. The van der Waals surface area contributed by atoms with Crippen LogP contribution in [0.1, 0.15) is 25.3 Å². The molecule has 0 saturated carbocycles. The fourth-order valence-electron chi connectivity index (χ4n) is 3.25. The molecule has 0 radical (unpaired) electrons. The Labute approximate surface area is 185 Å². The second-order valence-electron chi connectivity index (χ2n) is 7.17. The van der Waals surface area contributed by atoms with Gasteiger partial charge in [-0.2, -0.15) is 9.41 Å². The molecule has 0 aromatic heterocycles. The first-order chi connectivity index (χ1) is 14.4. The number of hydrogen-bond donors (Lipinski definition) is 1. The summed E-state index contributed by atoms with van der Waals surface area (Å²) in [7, 11) is -3.54. The minimum absolute atomic E-state index is 0.181. The normalized spacial score (nSPS) is 16.7. The van der Waals surface area contributed by atoms with E-state index in [0.29, 0.717) is 25.9 Å². The molecule has 1 saturated heterocycles. The standard InChI is InChI=1S/C22H24BrN3O3S/c1-17(15-18-5-3-2-4-6-18)16-24-25-22(27)19-11-13-26(14-12-19)30(28,29)21-9-7-20(23)8-10-21/h2-10,15-16,19H,11-14H2,1H3,(H,25,27). The van der Waals surface area contributed by atoms with Crippen molar-refractivity contribution in [1.29, 1.82) is 0 Å². The summed E-state index contributed by atoms with van der Waals surface area (Å²) < 4.78 is 27.8. The van der Waals surface area contributed by atoms with Crippen molar-refractivity contribution >= 4 is 44.2 Å². The molecule has 2 aromatic carbocycles. The molecule has 8 heteroatoms. The molecule has 0 unspecified atom stereocenters. The lowest BCUT2D eigenvalue weighted by molar-refractivity contribution is -0.126. The summed E-state index contributed by atoms with van der Waals surface area (Å²) in [6.07, 6.45) is 4.52. The molecule has 30 heavy (non-hydrogen) atoms. The summed E-state index contributed by atoms with van der Waals surface area (Å²) in [5, 5.41) is 4.04. The van der Waals surface area contributed by atoms with Gasteiger partial charge in [0.1, 0.15) is 0 Å². The summed E-state index contributed by atoms with van der Waals surface area (Å²) in [5.41, 5.74) is 4.55. The van der Waals surface area contributed by atoms with E-state index in [4.69, 9.17) is 0 Å². The minimum Gasteiger partial charge on any atom is -0.273 e. The van der Waals surface area contributed by atoms with Gasteiger partial charge < -0.3 is 0 Å². The molecule has 6 nitrogen and oxygen atoms in total. The van der Waals surface area contributed by atoms with Crippen LogP contribution in [0.5, 0.6) is 0 Å². The minimum atomic E-state index is -3.54. The first-order valence-electron chi connectivity index (χ1n) is 9.68. The van der Waals surface area contributed by atoms with Crippen LogP contribution in [0.25, 0.3) is 6.08 Å². The van der Waals surface area contributed by atoms with Crippen molar-refractivity contribution in [2.45, 2.75) is 24.7 Å². The molecular weight excluding hydrogens is 466 g/mol. The van der Waals surface area contributed by atoms with Crippen LogP contribution in [0.2, 0.25) is 0 Å². The van der Waals surface area contributed by atoms with Crippen LogP contribution in [-0.4, -0.2) is 37.9 Å². The van der Waals surface area contributed by atoms with E-state index in [2.05, 4.69) is 26.5 Å². The van der Waals surface area contributed by atoms with Crippen molar-refractivity contribution in [2.75, 3.05) is 13.1 Å². The SMILES string of the molecule is CC(C=NNC(=O)C1CCN(S(=O)(=O)c2ccc(Br)cc2)CC1)=Cc1ccccc1. The Morgan fingerprint density at radius 3 is 2.37 bits per heavy atom. The topological polar surface area (TPSA) is 78.8 Å². The Morgan fingerprint density at radius 2 is 1.73 bits per heavy atom. The molecular formula is C22H24BrN3O3S. The third-order valence-corrected chi connectivity index (χ3v) is 7.35. The smallest absolute Gasteiger partial charge is 0.243 e. The molecule has 2 aromatic rings. The van der Waals surface area contributed by atoms with Crippen LogP contribution < -0.4 is 5.43 Å². The number of nitrogens with zero attached hydrogens (tertiary/aromatic N) is 2. The Kier molecular flexibility index (Phi) is 7.58. The monoisotopic (exact) mass is 489 g/mol. The third-order valence-electron chi connectivity index (χ3n) is 4.91. The van der Waals surface area contributed by atoms with Gasteiger partial charge in [0.2, 0.25) is 15.9 Å². The van der Waals surface area contributed by atoms with Gasteiger partial charge in [0.15, 0.2) is 0 Å². The second-order valence-corrected chi connectivity index (χ2v) is 10.0. The van der Waals surface area contributed by atoms with Gasteiger partial charge in [0, 0.05) is 23.5 Å². The number of carbonyl (C=O) groups excluding carboxylic acids is 1. The number of benzene rings is 2. The van der Waals surface area contributed by atoms with Crippen molar-refractivity contribution in [2.24, 2.45) is 11.0 Å². The highest BCUT2D eigenvalue weighted by molar-refractivity contribution is 9.10. The number of nitrogens with one attached hydrogen (secondary N) is 1. The molecule has 158 valence electrons. The van der Waals surface area contributed by atoms with E-state index in [1.165, 1.54) is 4.31 Å². The average molecular weight is 490 g/mol. The van der Waals surface area contributed by atoms with Gasteiger partial charge in [-0.25, -0.2) is 13.8 Å². The third kappa shape index (κ3) is 5.87. The molecule has 1 amide bonds. The average Bonchev–Trinajstić information content (AvgIpc) is 2.75. The van der Waals surface area contributed by atoms with Crippen molar-refractivity contribution in [1.82, 2.24) is 9.73 Å². The lowest BCUT2D eigenvalue weighted by Gasteiger charge is -2.30. The number of hydrazone groups is 1. The van der Waals surface area contributed by atoms with Crippen molar-refractivity contribution < 1.29 is 13.2 Å². The van der Waals surface area contributed by atoms with Crippen LogP contribution in [0, 0.1) is 5.92 Å². The van der Waals surface area contributed by atoms with E-state index in [1.807, 2.05) is 43.3 Å². The molecule has 1 aliphatic heterocycles. The van der Waals surface area contributed by atoms with E-state index in [0.717, 1.165) is 15.6 Å². The molecule has 1 fully saturated rings. The van der Waals surface area contributed by atoms with Crippen LogP contribution >= 0.6 is 15.9 Å². The summed E-state index contributed by atoms with van der Waals surface area (Å²) in [6.45, 7) is 2.54. The van der Waals surface area contributed by atoms with E-state index in [9.17, 15) is 13.2 Å². The largest absolute Gasteiger partial charge is 0.273 e. The summed E-state index contributed by atoms with van der Waals surface area (Å²) in [4.78, 5) is 12.6. The zero-order valence-corrected chi connectivity index (χ0v) is 19.1. The van der Waals surface area contributed by atoms with Crippen LogP contribution in [0.4, 0.5) is 0 Å². The summed E-state index contributed by atoms with van der Waals surface area (Å²) in [6, 6.07) is 16.4. The number of rotatable bonds is 6. The lowest BCUT2D eigenvalue weighted by Crippen LogP contribution is -2.42. The second kappa shape index (κ2) is 10.1. The highest BCUT2D eigenvalue weighted by Crippen LogP contribution is 2.25. The number of amides is 1. The fraction of sp³-hybridized carbons (Fsp3) is 0.273. The summed E-state index contributed by atoms with van der Waals surface area (Å²) in [5.74, 6) is -0.434. The van der Waals surface area contributed by atoms with Gasteiger partial charge in [-0.1, -0.05) is 52.3 Å². The van der Waals surface area contributed by atoms with Gasteiger partial charge in [0.05, 0.1) is 11.1 Å².